The predicted octanol–water partition coefficient (Wildman–Crippen LogP) is 3.04. The first-order valence-electron chi connectivity index (χ1n) is 10.1. The van der Waals surface area contributed by atoms with Crippen molar-refractivity contribution in [2.24, 2.45) is 11.3 Å². The zero-order valence-electron chi connectivity index (χ0n) is 16.3. The first-order chi connectivity index (χ1) is 13.6. The van der Waals surface area contributed by atoms with Crippen LogP contribution in [0.25, 0.3) is 11.3 Å². The van der Waals surface area contributed by atoms with Gasteiger partial charge in [-0.25, -0.2) is 0 Å². The molecule has 1 aromatic heterocycles. The number of carbonyl (C=O) groups is 2. The molecule has 6 heteroatoms. The first-order valence-corrected chi connectivity index (χ1v) is 10.1. The minimum Gasteiger partial charge on any atom is -0.361 e. The summed E-state index contributed by atoms with van der Waals surface area (Å²) in [6.45, 7) is 1.08. The SMILES string of the molecule is CNC(=O)[C@]1(Cc2cc(-c3ccccc3)no2)CCN(C(=O)C2CCCC2)C1. The van der Waals surface area contributed by atoms with Crippen molar-refractivity contribution in [2.75, 3.05) is 20.1 Å². The van der Waals surface area contributed by atoms with E-state index in [0.717, 1.165) is 36.9 Å². The van der Waals surface area contributed by atoms with Crippen LogP contribution in [0.4, 0.5) is 0 Å². The topological polar surface area (TPSA) is 75.4 Å². The van der Waals surface area contributed by atoms with Crippen LogP contribution in [-0.2, 0) is 16.0 Å². The largest absolute Gasteiger partial charge is 0.361 e. The number of likely N-dealkylation sites (tertiary alicyclic amines) is 1. The minimum atomic E-state index is -0.656. The molecule has 1 aliphatic heterocycles. The van der Waals surface area contributed by atoms with Gasteiger partial charge in [0.1, 0.15) is 11.5 Å². The molecule has 2 aliphatic rings. The van der Waals surface area contributed by atoms with Gasteiger partial charge in [-0.15, -0.1) is 0 Å². The summed E-state index contributed by atoms with van der Waals surface area (Å²) in [4.78, 5) is 27.5. The Morgan fingerprint density at radius 1 is 1.25 bits per heavy atom. The molecule has 0 bridgehead atoms. The molecule has 2 heterocycles. The maximum absolute atomic E-state index is 12.8. The van der Waals surface area contributed by atoms with Crippen molar-refractivity contribution in [1.82, 2.24) is 15.4 Å². The summed E-state index contributed by atoms with van der Waals surface area (Å²) in [5, 5.41) is 6.97. The second-order valence-corrected chi connectivity index (χ2v) is 8.07. The van der Waals surface area contributed by atoms with Crippen LogP contribution in [-0.4, -0.2) is 42.0 Å². The van der Waals surface area contributed by atoms with Crippen LogP contribution in [0, 0.1) is 11.3 Å². The van der Waals surface area contributed by atoms with Crippen molar-refractivity contribution < 1.29 is 14.1 Å². The molecule has 1 aromatic carbocycles. The molecule has 0 radical (unpaired) electrons. The first kappa shape index (κ1) is 18.7. The van der Waals surface area contributed by atoms with Crippen molar-refractivity contribution >= 4 is 11.8 Å². The number of nitrogens with one attached hydrogen (secondary N) is 1. The lowest BCUT2D eigenvalue weighted by molar-refractivity contribution is -0.136. The number of benzene rings is 1. The monoisotopic (exact) mass is 381 g/mol. The van der Waals surface area contributed by atoms with Gasteiger partial charge in [-0.3, -0.25) is 9.59 Å². The van der Waals surface area contributed by atoms with Crippen LogP contribution in [0.1, 0.15) is 37.9 Å². The van der Waals surface area contributed by atoms with E-state index in [-0.39, 0.29) is 17.7 Å². The summed E-state index contributed by atoms with van der Waals surface area (Å²) in [6, 6.07) is 11.7. The van der Waals surface area contributed by atoms with E-state index in [1.807, 2.05) is 41.3 Å². The molecule has 0 spiro atoms. The lowest BCUT2D eigenvalue weighted by Crippen LogP contribution is -2.44. The normalized spacial score (nSPS) is 22.5. The third kappa shape index (κ3) is 3.55. The van der Waals surface area contributed by atoms with Crippen LogP contribution < -0.4 is 5.32 Å². The summed E-state index contributed by atoms with van der Waals surface area (Å²) in [5.41, 5.74) is 1.09. The average Bonchev–Trinajstić information content (AvgIpc) is 3.49. The van der Waals surface area contributed by atoms with Crippen molar-refractivity contribution in [2.45, 2.75) is 38.5 Å². The van der Waals surface area contributed by atoms with E-state index in [1.54, 1.807) is 7.05 Å². The van der Waals surface area contributed by atoms with Gasteiger partial charge in [-0.1, -0.05) is 48.3 Å². The van der Waals surface area contributed by atoms with Crippen LogP contribution in [0.15, 0.2) is 40.9 Å². The summed E-state index contributed by atoms with van der Waals surface area (Å²) >= 11 is 0. The highest BCUT2D eigenvalue weighted by molar-refractivity contribution is 5.86. The number of hydrogen-bond donors (Lipinski definition) is 1. The van der Waals surface area contributed by atoms with Crippen LogP contribution in [0.2, 0.25) is 0 Å². The number of carbonyl (C=O) groups excluding carboxylic acids is 2. The fourth-order valence-corrected chi connectivity index (χ4v) is 4.64. The molecule has 1 N–H and O–H groups in total. The molecular weight excluding hydrogens is 354 g/mol. The Labute approximate surface area is 165 Å². The average molecular weight is 381 g/mol. The van der Waals surface area contributed by atoms with E-state index in [0.29, 0.717) is 31.7 Å². The van der Waals surface area contributed by atoms with Gasteiger partial charge in [0.2, 0.25) is 11.8 Å². The summed E-state index contributed by atoms with van der Waals surface area (Å²) in [7, 11) is 1.65. The van der Waals surface area contributed by atoms with Crippen molar-refractivity contribution in [3.63, 3.8) is 0 Å². The maximum atomic E-state index is 12.8. The van der Waals surface area contributed by atoms with Gasteiger partial charge in [0.15, 0.2) is 0 Å². The van der Waals surface area contributed by atoms with Gasteiger partial charge in [0.25, 0.3) is 0 Å². The third-order valence-electron chi connectivity index (χ3n) is 6.22. The zero-order chi connectivity index (χ0) is 19.6. The number of rotatable bonds is 5. The van der Waals surface area contributed by atoms with Gasteiger partial charge in [-0.05, 0) is 19.3 Å². The van der Waals surface area contributed by atoms with Crippen LogP contribution in [0.5, 0.6) is 0 Å². The molecule has 2 fully saturated rings. The van der Waals surface area contributed by atoms with Crippen LogP contribution >= 0.6 is 0 Å². The van der Waals surface area contributed by atoms with Gasteiger partial charge in [0.05, 0.1) is 5.41 Å². The number of amides is 2. The fourth-order valence-electron chi connectivity index (χ4n) is 4.64. The molecule has 6 nitrogen and oxygen atoms in total. The molecule has 1 saturated heterocycles. The van der Waals surface area contributed by atoms with E-state index in [1.165, 1.54) is 0 Å². The Bertz CT molecular complexity index is 842. The lowest BCUT2D eigenvalue weighted by atomic mass is 9.81. The summed E-state index contributed by atoms with van der Waals surface area (Å²) in [5.74, 6) is 0.991. The Morgan fingerprint density at radius 3 is 2.71 bits per heavy atom. The molecule has 0 unspecified atom stereocenters. The van der Waals surface area contributed by atoms with E-state index in [2.05, 4.69) is 10.5 Å². The third-order valence-corrected chi connectivity index (χ3v) is 6.22. The van der Waals surface area contributed by atoms with Gasteiger partial charge >= 0.3 is 0 Å². The zero-order valence-corrected chi connectivity index (χ0v) is 16.3. The quantitative estimate of drug-likeness (QED) is 0.864. The molecule has 1 saturated carbocycles. The van der Waals surface area contributed by atoms with Crippen molar-refractivity contribution in [3.8, 4) is 11.3 Å². The number of nitrogens with zero attached hydrogens (tertiary/aromatic N) is 2. The van der Waals surface area contributed by atoms with Gasteiger partial charge in [-0.2, -0.15) is 0 Å². The highest BCUT2D eigenvalue weighted by Gasteiger charge is 2.47. The van der Waals surface area contributed by atoms with Crippen LogP contribution in [0.3, 0.4) is 0 Å². The number of aromatic nitrogens is 1. The molecule has 28 heavy (non-hydrogen) atoms. The summed E-state index contributed by atoms with van der Waals surface area (Å²) in [6.07, 6.45) is 5.31. The molecule has 1 aliphatic carbocycles. The molecule has 2 amide bonds. The highest BCUT2D eigenvalue weighted by atomic mass is 16.5. The maximum Gasteiger partial charge on any atom is 0.228 e. The number of hydrogen-bond acceptors (Lipinski definition) is 4. The molecule has 1 atom stereocenters. The van der Waals surface area contributed by atoms with Gasteiger partial charge < -0.3 is 14.7 Å². The van der Waals surface area contributed by atoms with E-state index < -0.39 is 5.41 Å². The van der Waals surface area contributed by atoms with Crippen molar-refractivity contribution in [1.29, 1.82) is 0 Å². The van der Waals surface area contributed by atoms with E-state index in [4.69, 9.17) is 4.52 Å². The predicted molar refractivity (Wildman–Crippen MR) is 105 cm³/mol. The van der Waals surface area contributed by atoms with E-state index >= 15 is 0 Å². The lowest BCUT2D eigenvalue weighted by Gasteiger charge is -2.27. The van der Waals surface area contributed by atoms with Crippen molar-refractivity contribution in [3.05, 3.63) is 42.2 Å². The Kier molecular flexibility index (Phi) is 5.20. The Balaban J connectivity index is 1.52. The van der Waals surface area contributed by atoms with Gasteiger partial charge in [0, 0.05) is 44.1 Å². The minimum absolute atomic E-state index is 0.0353. The molecule has 2 aromatic rings. The Morgan fingerprint density at radius 2 is 2.00 bits per heavy atom. The summed E-state index contributed by atoms with van der Waals surface area (Å²) < 4.78 is 5.56. The smallest absolute Gasteiger partial charge is 0.228 e. The fraction of sp³-hybridized carbons (Fsp3) is 0.500. The standard InChI is InChI=1S/C22H27N3O3/c1-23-21(27)22(11-12-25(15-22)20(26)17-9-5-6-10-17)14-18-13-19(24-28-18)16-7-3-2-4-8-16/h2-4,7-8,13,17H,5-6,9-12,14-15H2,1H3,(H,23,27)/t22-/m0/s1. The second kappa shape index (κ2) is 7.78. The highest BCUT2D eigenvalue weighted by Crippen LogP contribution is 2.37. The molecule has 148 valence electrons. The second-order valence-electron chi connectivity index (χ2n) is 8.07. The molecule has 4 rings (SSSR count). The Hall–Kier alpha value is -2.63. The van der Waals surface area contributed by atoms with E-state index in [9.17, 15) is 9.59 Å². The molecular formula is C22H27N3O3.